The van der Waals surface area contributed by atoms with Crippen LogP contribution in [0.2, 0.25) is 0 Å². The molecule has 0 atom stereocenters. The van der Waals surface area contributed by atoms with Crippen molar-refractivity contribution >= 4 is 0 Å². The Labute approximate surface area is 92.9 Å². The van der Waals surface area contributed by atoms with Crippen LogP contribution in [0.15, 0.2) is 23.4 Å². The smallest absolute Gasteiger partial charge is 0.0914 e. The maximum atomic E-state index is 8.54. The lowest BCUT2D eigenvalue weighted by Gasteiger charge is -2.23. The summed E-state index contributed by atoms with van der Waals surface area (Å²) in [4.78, 5) is 2.43. The van der Waals surface area contributed by atoms with Crippen LogP contribution in [0.3, 0.4) is 0 Å². The van der Waals surface area contributed by atoms with Crippen LogP contribution in [0, 0.1) is 11.3 Å². The molecular weight excluding hydrogens is 184 g/mol. The predicted octanol–water partition coefficient (Wildman–Crippen LogP) is 3.24. The molecule has 0 spiro atoms. The zero-order valence-corrected chi connectivity index (χ0v) is 9.79. The van der Waals surface area contributed by atoms with Crippen molar-refractivity contribution in [1.82, 2.24) is 4.90 Å². The average molecular weight is 204 g/mol. The molecule has 1 saturated heterocycles. The molecule has 1 aliphatic heterocycles. The van der Waals surface area contributed by atoms with E-state index in [0.717, 1.165) is 5.57 Å². The van der Waals surface area contributed by atoms with Crippen molar-refractivity contribution in [3.05, 3.63) is 23.4 Å². The molecule has 1 heterocycles. The summed E-state index contributed by atoms with van der Waals surface area (Å²) in [5.74, 6) is 0. The van der Waals surface area contributed by atoms with Gasteiger partial charge in [-0.1, -0.05) is 12.8 Å². The lowest BCUT2D eigenvalue weighted by Crippen LogP contribution is -2.22. The number of allylic oxidation sites excluding steroid dienone is 4. The largest absolute Gasteiger partial charge is 0.375 e. The molecule has 82 valence electrons. The van der Waals surface area contributed by atoms with E-state index in [1.54, 1.807) is 6.08 Å². The Kier molecular flexibility index (Phi) is 4.97. The SMILES string of the molecule is CC(=C\C#N)/C=C(\C)N1CCCCCC1. The highest BCUT2D eigenvalue weighted by Crippen LogP contribution is 2.15. The second-order valence-electron chi connectivity index (χ2n) is 4.20. The van der Waals surface area contributed by atoms with Crippen molar-refractivity contribution in [3.63, 3.8) is 0 Å². The van der Waals surface area contributed by atoms with Crippen LogP contribution in [-0.2, 0) is 0 Å². The molecule has 1 fully saturated rings. The number of rotatable bonds is 2. The van der Waals surface area contributed by atoms with Gasteiger partial charge in [0.05, 0.1) is 6.07 Å². The lowest BCUT2D eigenvalue weighted by molar-refractivity contribution is 0.359. The number of hydrogen-bond acceptors (Lipinski definition) is 2. The third-order valence-electron chi connectivity index (χ3n) is 2.83. The van der Waals surface area contributed by atoms with Gasteiger partial charge in [-0.2, -0.15) is 5.26 Å². The summed E-state index contributed by atoms with van der Waals surface area (Å²) >= 11 is 0. The Morgan fingerprint density at radius 2 is 1.73 bits per heavy atom. The summed E-state index contributed by atoms with van der Waals surface area (Å²) < 4.78 is 0. The fourth-order valence-electron chi connectivity index (χ4n) is 1.99. The summed E-state index contributed by atoms with van der Waals surface area (Å²) in [6, 6.07) is 2.06. The van der Waals surface area contributed by atoms with Gasteiger partial charge in [0.1, 0.15) is 0 Å². The lowest BCUT2D eigenvalue weighted by atomic mass is 10.2. The zero-order valence-electron chi connectivity index (χ0n) is 9.79. The highest BCUT2D eigenvalue weighted by molar-refractivity contribution is 5.25. The van der Waals surface area contributed by atoms with Crippen LogP contribution in [0.5, 0.6) is 0 Å². The zero-order chi connectivity index (χ0) is 11.1. The summed E-state index contributed by atoms with van der Waals surface area (Å²) in [6.07, 6.45) is 9.02. The summed E-state index contributed by atoms with van der Waals surface area (Å²) in [6.45, 7) is 6.45. The number of nitriles is 1. The molecular formula is C13H20N2. The predicted molar refractivity (Wildman–Crippen MR) is 63.2 cm³/mol. The quantitative estimate of drug-likeness (QED) is 0.510. The van der Waals surface area contributed by atoms with Gasteiger partial charge >= 0.3 is 0 Å². The molecule has 2 heteroatoms. The van der Waals surface area contributed by atoms with Crippen LogP contribution in [-0.4, -0.2) is 18.0 Å². The van der Waals surface area contributed by atoms with E-state index >= 15 is 0 Å². The third kappa shape index (κ3) is 4.20. The first-order valence-electron chi connectivity index (χ1n) is 5.73. The summed E-state index contributed by atoms with van der Waals surface area (Å²) in [7, 11) is 0. The Balaban J connectivity index is 2.61. The van der Waals surface area contributed by atoms with Crippen LogP contribution in [0.1, 0.15) is 39.5 Å². The van der Waals surface area contributed by atoms with Crippen molar-refractivity contribution in [2.75, 3.05) is 13.1 Å². The Morgan fingerprint density at radius 3 is 2.27 bits per heavy atom. The van der Waals surface area contributed by atoms with Crippen LogP contribution in [0.25, 0.3) is 0 Å². The molecule has 2 nitrogen and oxygen atoms in total. The van der Waals surface area contributed by atoms with Crippen molar-refractivity contribution < 1.29 is 0 Å². The van der Waals surface area contributed by atoms with Crippen molar-refractivity contribution in [3.8, 4) is 6.07 Å². The summed E-state index contributed by atoms with van der Waals surface area (Å²) in [5.41, 5.74) is 2.33. The van der Waals surface area contributed by atoms with E-state index in [-0.39, 0.29) is 0 Å². The van der Waals surface area contributed by atoms with Crippen LogP contribution < -0.4 is 0 Å². The third-order valence-corrected chi connectivity index (χ3v) is 2.83. The number of nitrogens with zero attached hydrogens (tertiary/aromatic N) is 2. The Morgan fingerprint density at radius 1 is 1.13 bits per heavy atom. The first kappa shape index (κ1) is 11.8. The van der Waals surface area contributed by atoms with Crippen LogP contribution in [0.4, 0.5) is 0 Å². The molecule has 0 N–H and O–H groups in total. The molecule has 0 amide bonds. The molecule has 1 rings (SSSR count). The first-order valence-corrected chi connectivity index (χ1v) is 5.73. The monoisotopic (exact) mass is 204 g/mol. The molecule has 0 bridgehead atoms. The van der Waals surface area contributed by atoms with Gasteiger partial charge in [-0.3, -0.25) is 0 Å². The molecule has 0 unspecified atom stereocenters. The van der Waals surface area contributed by atoms with E-state index in [9.17, 15) is 0 Å². The topological polar surface area (TPSA) is 27.0 Å². The number of hydrogen-bond donors (Lipinski definition) is 0. The highest BCUT2D eigenvalue weighted by Gasteiger charge is 2.08. The van der Waals surface area contributed by atoms with Gasteiger partial charge in [0.15, 0.2) is 0 Å². The first-order chi connectivity index (χ1) is 7.24. The molecule has 15 heavy (non-hydrogen) atoms. The molecule has 0 saturated carbocycles. The van der Waals surface area contributed by atoms with E-state index < -0.39 is 0 Å². The second kappa shape index (κ2) is 6.29. The van der Waals surface area contributed by atoms with Crippen molar-refractivity contribution in [2.24, 2.45) is 0 Å². The normalized spacial score (nSPS) is 19.7. The molecule has 0 aliphatic carbocycles. The Bertz CT molecular complexity index is 286. The molecule has 0 radical (unpaired) electrons. The number of likely N-dealkylation sites (tertiary alicyclic amines) is 1. The van der Waals surface area contributed by atoms with Gasteiger partial charge in [0, 0.05) is 24.9 Å². The molecule has 0 aromatic carbocycles. The summed E-state index contributed by atoms with van der Waals surface area (Å²) in [5, 5.41) is 8.54. The van der Waals surface area contributed by atoms with E-state index in [0.29, 0.717) is 0 Å². The molecule has 0 aromatic heterocycles. The van der Waals surface area contributed by atoms with Crippen LogP contribution >= 0.6 is 0 Å². The van der Waals surface area contributed by atoms with Gasteiger partial charge in [0.25, 0.3) is 0 Å². The maximum Gasteiger partial charge on any atom is 0.0914 e. The van der Waals surface area contributed by atoms with Crippen molar-refractivity contribution in [1.29, 1.82) is 5.26 Å². The minimum absolute atomic E-state index is 1.04. The van der Waals surface area contributed by atoms with Gasteiger partial charge in [-0.05, 0) is 38.3 Å². The molecule has 1 aliphatic rings. The average Bonchev–Trinajstić information content (AvgIpc) is 2.45. The van der Waals surface area contributed by atoms with E-state index in [2.05, 4.69) is 24.0 Å². The van der Waals surface area contributed by atoms with Crippen molar-refractivity contribution in [2.45, 2.75) is 39.5 Å². The standard InChI is InChI=1S/C13H20N2/c1-12(7-8-14)11-13(2)15-9-5-3-4-6-10-15/h7,11H,3-6,9-10H2,1-2H3/b12-7+,13-11+. The molecule has 0 aromatic rings. The fourth-order valence-corrected chi connectivity index (χ4v) is 1.99. The van der Waals surface area contributed by atoms with Gasteiger partial charge in [-0.15, -0.1) is 0 Å². The van der Waals surface area contributed by atoms with E-state index in [1.807, 2.05) is 6.92 Å². The highest BCUT2D eigenvalue weighted by atomic mass is 15.1. The van der Waals surface area contributed by atoms with Gasteiger partial charge < -0.3 is 4.90 Å². The fraction of sp³-hybridized carbons (Fsp3) is 0.615. The van der Waals surface area contributed by atoms with Gasteiger partial charge in [0.2, 0.25) is 0 Å². The second-order valence-corrected chi connectivity index (χ2v) is 4.20. The van der Waals surface area contributed by atoms with E-state index in [1.165, 1.54) is 44.5 Å². The Hall–Kier alpha value is -1.23. The maximum absolute atomic E-state index is 8.54. The van der Waals surface area contributed by atoms with Gasteiger partial charge in [-0.25, -0.2) is 0 Å². The van der Waals surface area contributed by atoms with E-state index in [4.69, 9.17) is 5.26 Å². The minimum Gasteiger partial charge on any atom is -0.375 e. The minimum atomic E-state index is 1.04.